The molecule has 0 unspecified atom stereocenters. The molecule has 1 aliphatic rings. The molecule has 184 valence electrons. The fourth-order valence-corrected chi connectivity index (χ4v) is 4.72. The largest absolute Gasteiger partial charge is 0.506 e. The van der Waals surface area contributed by atoms with Crippen LogP contribution in [0.4, 0.5) is 5.69 Å². The molecule has 0 saturated heterocycles. The van der Waals surface area contributed by atoms with Crippen molar-refractivity contribution in [1.82, 2.24) is 4.57 Å². The Hall–Kier alpha value is -3.94. The molecule has 1 aliphatic carbocycles. The van der Waals surface area contributed by atoms with Crippen LogP contribution in [-0.2, 0) is 19.4 Å². The van der Waals surface area contributed by atoms with Gasteiger partial charge in [-0.3, -0.25) is 4.79 Å². The molecular weight excluding hydrogens is 448 g/mol. The first kappa shape index (κ1) is 24.2. The fraction of sp³-hybridized carbons (Fsp3) is 0.333. The number of aromatic nitrogens is 1. The van der Waals surface area contributed by atoms with Gasteiger partial charge in [0.15, 0.2) is 5.56 Å². The summed E-state index contributed by atoms with van der Waals surface area (Å²) in [5.74, 6) is -0.772. The van der Waals surface area contributed by atoms with Crippen molar-refractivity contribution in [2.45, 2.75) is 32.2 Å². The summed E-state index contributed by atoms with van der Waals surface area (Å²) >= 11 is 0. The molecule has 8 heteroatoms. The molecule has 3 aromatic rings. The highest BCUT2D eigenvalue weighted by Gasteiger charge is 2.28. The van der Waals surface area contributed by atoms with Crippen molar-refractivity contribution >= 4 is 11.7 Å². The van der Waals surface area contributed by atoms with Crippen LogP contribution >= 0.6 is 0 Å². The van der Waals surface area contributed by atoms with E-state index in [4.69, 9.17) is 9.47 Å². The molecule has 1 aromatic heterocycles. The first-order valence-electron chi connectivity index (χ1n) is 11.5. The number of carboxylic acid groups (broad SMARTS) is 1. The predicted molar refractivity (Wildman–Crippen MR) is 134 cm³/mol. The van der Waals surface area contributed by atoms with Crippen LogP contribution < -0.4 is 19.9 Å². The highest BCUT2D eigenvalue weighted by atomic mass is 16.5. The van der Waals surface area contributed by atoms with Crippen molar-refractivity contribution in [1.29, 1.82) is 0 Å². The Kier molecular flexibility index (Phi) is 6.73. The molecule has 0 amide bonds. The molecule has 35 heavy (non-hydrogen) atoms. The molecule has 2 N–H and O–H groups in total. The third kappa shape index (κ3) is 4.43. The molecule has 0 bridgehead atoms. The van der Waals surface area contributed by atoms with E-state index in [0.717, 1.165) is 36.1 Å². The molecule has 4 rings (SSSR count). The third-order valence-electron chi connectivity index (χ3n) is 6.56. The second kappa shape index (κ2) is 9.74. The zero-order chi connectivity index (χ0) is 25.3. The number of methoxy groups -OCH3 is 2. The van der Waals surface area contributed by atoms with Crippen molar-refractivity contribution in [2.75, 3.05) is 33.2 Å². The van der Waals surface area contributed by atoms with Crippen molar-refractivity contribution in [3.8, 4) is 28.5 Å². The first-order chi connectivity index (χ1) is 16.8. The monoisotopic (exact) mass is 478 g/mol. The molecule has 0 radical (unpaired) electrons. The van der Waals surface area contributed by atoms with Crippen LogP contribution in [0.1, 0.15) is 39.9 Å². The molecule has 8 nitrogen and oxygen atoms in total. The Labute approximate surface area is 204 Å². The van der Waals surface area contributed by atoms with Crippen LogP contribution in [0.2, 0.25) is 0 Å². The second-order valence-corrected chi connectivity index (χ2v) is 8.87. The van der Waals surface area contributed by atoms with Crippen molar-refractivity contribution in [3.05, 3.63) is 69.0 Å². The lowest BCUT2D eigenvalue weighted by Crippen LogP contribution is -2.30. The van der Waals surface area contributed by atoms with Gasteiger partial charge < -0.3 is 29.2 Å². The number of ether oxygens (including phenoxy) is 2. The number of pyridine rings is 1. The van der Waals surface area contributed by atoms with E-state index in [-0.39, 0.29) is 6.54 Å². The summed E-state index contributed by atoms with van der Waals surface area (Å²) in [4.78, 5) is 27.6. The predicted octanol–water partition coefficient (Wildman–Crippen LogP) is 3.93. The summed E-state index contributed by atoms with van der Waals surface area (Å²) in [6.45, 7) is 0.0732. The van der Waals surface area contributed by atoms with Crippen LogP contribution in [0.3, 0.4) is 0 Å². The van der Waals surface area contributed by atoms with Crippen molar-refractivity contribution < 1.29 is 24.5 Å². The number of aromatic carboxylic acids is 1. The summed E-state index contributed by atoms with van der Waals surface area (Å²) in [5.41, 5.74) is 3.26. The molecule has 2 aromatic carbocycles. The lowest BCUT2D eigenvalue weighted by molar-refractivity contribution is 0.0690. The highest BCUT2D eigenvalue weighted by Crippen LogP contribution is 2.39. The number of anilines is 1. The summed E-state index contributed by atoms with van der Waals surface area (Å²) in [6, 6.07) is 11.3. The summed E-state index contributed by atoms with van der Waals surface area (Å²) in [5, 5.41) is 20.8. The fourth-order valence-electron chi connectivity index (χ4n) is 4.72. The Balaban J connectivity index is 2.04. The van der Waals surface area contributed by atoms with Gasteiger partial charge in [0.1, 0.15) is 17.2 Å². The number of hydrogen-bond acceptors (Lipinski definition) is 6. The smallest absolute Gasteiger partial charge is 0.345 e. The van der Waals surface area contributed by atoms with Gasteiger partial charge in [0.05, 0.1) is 26.5 Å². The molecule has 1 heterocycles. The van der Waals surface area contributed by atoms with Gasteiger partial charge >= 0.3 is 5.97 Å². The quantitative estimate of drug-likeness (QED) is 0.554. The van der Waals surface area contributed by atoms with Crippen LogP contribution in [0.5, 0.6) is 17.2 Å². The minimum atomic E-state index is -1.45. The number of carbonyl (C=O) groups is 1. The molecular formula is C27H30N2O6. The number of carboxylic acids is 1. The van der Waals surface area contributed by atoms with Gasteiger partial charge in [0, 0.05) is 42.5 Å². The van der Waals surface area contributed by atoms with Crippen LogP contribution in [-0.4, -0.2) is 49.1 Å². The van der Waals surface area contributed by atoms with E-state index >= 15 is 0 Å². The number of aryl methyl sites for hydroxylation is 1. The standard InChI is InChI=1S/C27H30N2O6/c1-28(2)18-10-12-20-16(13-18)7-5-6-8-21-24(20)29(26(31)23(25(21)30)27(32)33)15-17-9-11-19(34-3)14-22(17)35-4/h9-14,30H,5-8,15H2,1-4H3,(H,32,33). The van der Waals surface area contributed by atoms with Gasteiger partial charge in [0.25, 0.3) is 5.56 Å². The Morgan fingerprint density at radius 1 is 1.06 bits per heavy atom. The van der Waals surface area contributed by atoms with Crippen LogP contribution in [0.15, 0.2) is 41.2 Å². The van der Waals surface area contributed by atoms with Crippen molar-refractivity contribution in [2.24, 2.45) is 0 Å². The maximum Gasteiger partial charge on any atom is 0.345 e. The van der Waals surface area contributed by atoms with E-state index in [1.54, 1.807) is 25.3 Å². The summed E-state index contributed by atoms with van der Waals surface area (Å²) in [6.07, 6.45) is 2.93. The average molecular weight is 479 g/mol. The molecule has 0 fully saturated rings. The zero-order valence-corrected chi connectivity index (χ0v) is 20.4. The minimum absolute atomic E-state index is 0.0732. The number of rotatable bonds is 6. The van der Waals surface area contributed by atoms with E-state index in [1.165, 1.54) is 11.7 Å². The maximum atomic E-state index is 13.6. The summed E-state index contributed by atoms with van der Waals surface area (Å²) in [7, 11) is 7.02. The van der Waals surface area contributed by atoms with Crippen LogP contribution in [0.25, 0.3) is 11.3 Å². The molecule has 0 spiro atoms. The minimum Gasteiger partial charge on any atom is -0.506 e. The number of hydrogen-bond donors (Lipinski definition) is 2. The van der Waals surface area contributed by atoms with E-state index < -0.39 is 22.8 Å². The van der Waals surface area contributed by atoms with Gasteiger partial charge in [-0.05, 0) is 55.5 Å². The van der Waals surface area contributed by atoms with Gasteiger partial charge in [0.2, 0.25) is 0 Å². The Morgan fingerprint density at radius 2 is 1.80 bits per heavy atom. The number of nitrogens with zero attached hydrogens (tertiary/aromatic N) is 2. The van der Waals surface area contributed by atoms with Crippen molar-refractivity contribution in [3.63, 3.8) is 0 Å². The topological polar surface area (TPSA) is 101 Å². The summed E-state index contributed by atoms with van der Waals surface area (Å²) < 4.78 is 12.3. The highest BCUT2D eigenvalue weighted by molar-refractivity contribution is 5.92. The Morgan fingerprint density at radius 3 is 2.46 bits per heavy atom. The van der Waals surface area contributed by atoms with E-state index in [0.29, 0.717) is 34.7 Å². The Bertz CT molecular complexity index is 1340. The lowest BCUT2D eigenvalue weighted by atomic mass is 9.88. The van der Waals surface area contributed by atoms with Gasteiger partial charge in [-0.25, -0.2) is 4.79 Å². The second-order valence-electron chi connectivity index (χ2n) is 8.87. The van der Waals surface area contributed by atoms with E-state index in [2.05, 4.69) is 6.07 Å². The lowest BCUT2D eigenvalue weighted by Gasteiger charge is -2.25. The normalized spacial score (nSPS) is 12.7. The number of benzene rings is 2. The molecule has 0 aliphatic heterocycles. The first-order valence-corrected chi connectivity index (χ1v) is 11.5. The number of fused-ring (bicyclic) bond motifs is 3. The van der Waals surface area contributed by atoms with E-state index in [1.807, 2.05) is 31.1 Å². The van der Waals surface area contributed by atoms with Crippen LogP contribution in [0, 0.1) is 0 Å². The maximum absolute atomic E-state index is 13.6. The third-order valence-corrected chi connectivity index (χ3v) is 6.56. The SMILES string of the molecule is COc1ccc(Cn2c3c(c(O)c(C(=O)O)c2=O)CCCCc2cc(N(C)C)ccc2-3)c(OC)c1. The molecule has 0 atom stereocenters. The van der Waals surface area contributed by atoms with Gasteiger partial charge in [-0.15, -0.1) is 0 Å². The average Bonchev–Trinajstić information content (AvgIpc) is 2.82. The molecule has 0 saturated carbocycles. The van der Waals surface area contributed by atoms with Gasteiger partial charge in [-0.1, -0.05) is 6.07 Å². The van der Waals surface area contributed by atoms with E-state index in [9.17, 15) is 19.8 Å². The number of aromatic hydroxyl groups is 1. The zero-order valence-electron chi connectivity index (χ0n) is 20.4. The van der Waals surface area contributed by atoms with Gasteiger partial charge in [-0.2, -0.15) is 0 Å².